The SMILES string of the molecule is CC(C)C(O)c1cc(C(N)=O)n(Cc2ccc(F)cc2F)c1. The van der Waals surface area contributed by atoms with Crippen molar-refractivity contribution in [2.75, 3.05) is 0 Å². The minimum Gasteiger partial charge on any atom is -0.388 e. The van der Waals surface area contributed by atoms with Crippen LogP contribution in [0.1, 0.15) is 41.6 Å². The Bertz CT molecular complexity index is 695. The largest absolute Gasteiger partial charge is 0.388 e. The van der Waals surface area contributed by atoms with Crippen molar-refractivity contribution in [3.63, 3.8) is 0 Å². The molecule has 4 nitrogen and oxygen atoms in total. The molecular weight excluding hydrogens is 290 g/mol. The number of aromatic nitrogens is 1. The van der Waals surface area contributed by atoms with Crippen molar-refractivity contribution in [1.29, 1.82) is 0 Å². The van der Waals surface area contributed by atoms with Crippen molar-refractivity contribution in [2.45, 2.75) is 26.5 Å². The van der Waals surface area contributed by atoms with Crippen molar-refractivity contribution in [2.24, 2.45) is 11.7 Å². The fraction of sp³-hybridized carbons (Fsp3) is 0.312. The number of rotatable bonds is 5. The van der Waals surface area contributed by atoms with E-state index in [1.807, 2.05) is 13.8 Å². The van der Waals surface area contributed by atoms with E-state index in [4.69, 9.17) is 5.73 Å². The van der Waals surface area contributed by atoms with Gasteiger partial charge in [-0.1, -0.05) is 19.9 Å². The fourth-order valence-electron chi connectivity index (χ4n) is 2.25. The number of nitrogens with two attached hydrogens (primary N) is 1. The van der Waals surface area contributed by atoms with Gasteiger partial charge >= 0.3 is 0 Å². The van der Waals surface area contributed by atoms with Crippen LogP contribution in [0.2, 0.25) is 0 Å². The standard InChI is InChI=1S/C16H18F2N2O2/c1-9(2)15(21)11-5-14(16(19)22)20(8-11)7-10-3-4-12(17)6-13(10)18/h3-6,8-9,15,21H,7H2,1-2H3,(H2,19,22). The number of primary amides is 1. The fourth-order valence-corrected chi connectivity index (χ4v) is 2.25. The third kappa shape index (κ3) is 3.33. The molecule has 0 saturated heterocycles. The molecule has 1 heterocycles. The van der Waals surface area contributed by atoms with E-state index < -0.39 is 23.6 Å². The molecule has 1 amide bonds. The van der Waals surface area contributed by atoms with E-state index in [0.29, 0.717) is 5.56 Å². The molecular formula is C16H18F2N2O2. The van der Waals surface area contributed by atoms with Gasteiger partial charge in [0.25, 0.3) is 5.91 Å². The van der Waals surface area contributed by atoms with Crippen LogP contribution in [0.4, 0.5) is 8.78 Å². The molecule has 22 heavy (non-hydrogen) atoms. The smallest absolute Gasteiger partial charge is 0.265 e. The maximum atomic E-state index is 13.7. The van der Waals surface area contributed by atoms with Gasteiger partial charge in [-0.2, -0.15) is 0 Å². The molecule has 6 heteroatoms. The van der Waals surface area contributed by atoms with Crippen molar-refractivity contribution >= 4 is 5.91 Å². The Labute approximate surface area is 127 Å². The van der Waals surface area contributed by atoms with Crippen molar-refractivity contribution in [3.05, 3.63) is 58.9 Å². The van der Waals surface area contributed by atoms with Crippen LogP contribution >= 0.6 is 0 Å². The van der Waals surface area contributed by atoms with E-state index in [1.165, 1.54) is 16.7 Å². The number of hydrogen-bond acceptors (Lipinski definition) is 2. The van der Waals surface area contributed by atoms with Crippen molar-refractivity contribution in [3.8, 4) is 0 Å². The van der Waals surface area contributed by atoms with E-state index in [-0.39, 0.29) is 23.7 Å². The summed E-state index contributed by atoms with van der Waals surface area (Å²) in [7, 11) is 0. The number of aliphatic hydroxyl groups is 1. The van der Waals surface area contributed by atoms with E-state index >= 15 is 0 Å². The third-order valence-electron chi connectivity index (χ3n) is 3.50. The molecule has 0 radical (unpaired) electrons. The molecule has 0 aliphatic rings. The minimum atomic E-state index is -0.752. The molecule has 0 aliphatic carbocycles. The number of halogens is 2. The van der Waals surface area contributed by atoms with E-state index in [2.05, 4.69) is 0 Å². The molecule has 0 fully saturated rings. The van der Waals surface area contributed by atoms with Crippen LogP contribution in [0.3, 0.4) is 0 Å². The number of carbonyl (C=O) groups is 1. The Hall–Kier alpha value is -2.21. The van der Waals surface area contributed by atoms with E-state index in [0.717, 1.165) is 12.1 Å². The Morgan fingerprint density at radius 1 is 1.32 bits per heavy atom. The lowest BCUT2D eigenvalue weighted by molar-refractivity contribution is 0.0991. The lowest BCUT2D eigenvalue weighted by Crippen LogP contribution is -2.17. The van der Waals surface area contributed by atoms with Crippen LogP contribution in [-0.4, -0.2) is 15.6 Å². The Balaban J connectivity index is 2.39. The number of nitrogens with zero attached hydrogens (tertiary/aromatic N) is 1. The first kappa shape index (κ1) is 16.2. The molecule has 118 valence electrons. The highest BCUT2D eigenvalue weighted by Gasteiger charge is 2.19. The van der Waals surface area contributed by atoms with Gasteiger partial charge in [0.1, 0.15) is 17.3 Å². The average molecular weight is 308 g/mol. The Morgan fingerprint density at radius 2 is 2.00 bits per heavy atom. The van der Waals surface area contributed by atoms with Gasteiger partial charge in [-0.05, 0) is 23.6 Å². The summed E-state index contributed by atoms with van der Waals surface area (Å²) < 4.78 is 28.1. The minimum absolute atomic E-state index is 0.0230. The van der Waals surface area contributed by atoms with Gasteiger partial charge < -0.3 is 15.4 Å². The molecule has 1 aromatic carbocycles. The maximum Gasteiger partial charge on any atom is 0.265 e. The lowest BCUT2D eigenvalue weighted by atomic mass is 10.0. The predicted octanol–water partition coefficient (Wildman–Crippen LogP) is 2.60. The summed E-state index contributed by atoms with van der Waals surface area (Å²) in [6.07, 6.45) is 0.811. The summed E-state index contributed by atoms with van der Waals surface area (Å²) in [6.45, 7) is 3.70. The summed E-state index contributed by atoms with van der Waals surface area (Å²) in [6, 6.07) is 4.74. The van der Waals surface area contributed by atoms with E-state index in [1.54, 1.807) is 6.20 Å². The molecule has 1 unspecified atom stereocenters. The van der Waals surface area contributed by atoms with Crippen molar-refractivity contribution in [1.82, 2.24) is 4.57 Å². The highest BCUT2D eigenvalue weighted by atomic mass is 19.1. The number of amides is 1. The average Bonchev–Trinajstić information content (AvgIpc) is 2.85. The van der Waals surface area contributed by atoms with E-state index in [9.17, 15) is 18.7 Å². The zero-order valence-electron chi connectivity index (χ0n) is 12.4. The molecule has 2 aromatic rings. The van der Waals surface area contributed by atoms with Crippen LogP contribution in [0, 0.1) is 17.6 Å². The van der Waals surface area contributed by atoms with Gasteiger partial charge in [0.05, 0.1) is 12.6 Å². The van der Waals surface area contributed by atoms with Crippen LogP contribution in [0.15, 0.2) is 30.5 Å². The van der Waals surface area contributed by atoms with Crippen LogP contribution in [-0.2, 0) is 6.54 Å². The summed E-state index contributed by atoms with van der Waals surface area (Å²) >= 11 is 0. The molecule has 0 bridgehead atoms. The predicted molar refractivity (Wildman–Crippen MR) is 78.2 cm³/mol. The Kier molecular flexibility index (Phi) is 4.61. The van der Waals surface area contributed by atoms with Crippen LogP contribution in [0.5, 0.6) is 0 Å². The zero-order chi connectivity index (χ0) is 16.4. The molecule has 0 spiro atoms. The number of aliphatic hydroxyl groups excluding tert-OH is 1. The summed E-state index contributed by atoms with van der Waals surface area (Å²) in [5.41, 5.74) is 6.25. The summed E-state index contributed by atoms with van der Waals surface area (Å²) in [5.74, 6) is -2.08. The van der Waals surface area contributed by atoms with Gasteiger partial charge in [0.2, 0.25) is 0 Å². The van der Waals surface area contributed by atoms with Gasteiger partial charge in [-0.15, -0.1) is 0 Å². The molecule has 2 rings (SSSR count). The van der Waals surface area contributed by atoms with Gasteiger partial charge in [-0.3, -0.25) is 4.79 Å². The molecule has 1 atom stereocenters. The highest BCUT2D eigenvalue weighted by Crippen LogP contribution is 2.24. The second kappa shape index (κ2) is 6.27. The number of hydrogen-bond donors (Lipinski definition) is 2. The molecule has 1 aromatic heterocycles. The first-order valence-electron chi connectivity index (χ1n) is 6.91. The topological polar surface area (TPSA) is 68.2 Å². The molecule has 0 saturated carbocycles. The maximum absolute atomic E-state index is 13.7. The Morgan fingerprint density at radius 3 is 2.55 bits per heavy atom. The van der Waals surface area contributed by atoms with Crippen LogP contribution in [0.25, 0.3) is 0 Å². The summed E-state index contributed by atoms with van der Waals surface area (Å²) in [5, 5.41) is 10.1. The van der Waals surface area contributed by atoms with Crippen molar-refractivity contribution < 1.29 is 18.7 Å². The highest BCUT2D eigenvalue weighted by molar-refractivity contribution is 5.91. The first-order valence-corrected chi connectivity index (χ1v) is 6.91. The van der Waals surface area contributed by atoms with Gasteiger partial charge in [0, 0.05) is 17.8 Å². The number of benzene rings is 1. The zero-order valence-corrected chi connectivity index (χ0v) is 12.4. The summed E-state index contributed by atoms with van der Waals surface area (Å²) in [4.78, 5) is 11.5. The second-order valence-corrected chi connectivity index (χ2v) is 5.58. The number of carbonyl (C=O) groups excluding carboxylic acids is 1. The lowest BCUT2D eigenvalue weighted by Gasteiger charge is -2.12. The molecule has 3 N–H and O–H groups in total. The first-order chi connectivity index (χ1) is 10.3. The third-order valence-corrected chi connectivity index (χ3v) is 3.50. The van der Waals surface area contributed by atoms with Crippen LogP contribution < -0.4 is 5.73 Å². The van der Waals surface area contributed by atoms with Gasteiger partial charge in [0.15, 0.2) is 0 Å². The molecule has 0 aliphatic heterocycles. The monoisotopic (exact) mass is 308 g/mol. The second-order valence-electron chi connectivity index (χ2n) is 5.58. The normalized spacial score (nSPS) is 12.6. The quantitative estimate of drug-likeness (QED) is 0.891. The van der Waals surface area contributed by atoms with Gasteiger partial charge in [-0.25, -0.2) is 8.78 Å².